The molecule has 144 valence electrons. The third kappa shape index (κ3) is 3.76. The van der Waals surface area contributed by atoms with Crippen LogP contribution in [0.1, 0.15) is 20.7 Å². The predicted molar refractivity (Wildman–Crippen MR) is 105 cm³/mol. The summed E-state index contributed by atoms with van der Waals surface area (Å²) in [5, 5.41) is 1.70. The van der Waals surface area contributed by atoms with E-state index in [0.29, 0.717) is 28.4 Å². The lowest BCUT2D eigenvalue weighted by molar-refractivity contribution is 0.0476. The van der Waals surface area contributed by atoms with E-state index in [9.17, 15) is 9.59 Å². The van der Waals surface area contributed by atoms with Crippen molar-refractivity contribution in [2.45, 2.75) is 0 Å². The van der Waals surface area contributed by atoms with Crippen LogP contribution in [0.15, 0.2) is 54.6 Å². The quantitative estimate of drug-likeness (QED) is 0.457. The Morgan fingerprint density at radius 2 is 1.46 bits per heavy atom. The lowest BCUT2D eigenvalue weighted by atomic mass is 10.0. The maximum absolute atomic E-state index is 12.6. The van der Waals surface area contributed by atoms with Crippen molar-refractivity contribution in [3.63, 3.8) is 0 Å². The standard InChI is InChI=1S/C22H20O6/c1-25-19-11-15(12-20(26-2)21(19)27-3)18(23)13-28-22(24)17-10-6-8-14-7-4-5-9-16(14)17/h4-12H,13H2,1-3H3. The van der Waals surface area contributed by atoms with Crippen LogP contribution in [0.3, 0.4) is 0 Å². The van der Waals surface area contributed by atoms with Crippen LogP contribution in [-0.4, -0.2) is 39.7 Å². The number of fused-ring (bicyclic) bond motifs is 1. The number of ether oxygens (including phenoxy) is 4. The maximum Gasteiger partial charge on any atom is 0.339 e. The van der Waals surface area contributed by atoms with Crippen molar-refractivity contribution in [2.75, 3.05) is 27.9 Å². The third-order valence-electron chi connectivity index (χ3n) is 4.33. The number of esters is 1. The lowest BCUT2D eigenvalue weighted by Gasteiger charge is -2.14. The van der Waals surface area contributed by atoms with Crippen LogP contribution in [0.4, 0.5) is 0 Å². The average Bonchev–Trinajstić information content (AvgIpc) is 2.75. The van der Waals surface area contributed by atoms with Gasteiger partial charge in [0.15, 0.2) is 18.1 Å². The first-order valence-electron chi connectivity index (χ1n) is 8.57. The summed E-state index contributed by atoms with van der Waals surface area (Å²) in [6, 6.07) is 15.9. The summed E-state index contributed by atoms with van der Waals surface area (Å²) < 4.78 is 21.0. The van der Waals surface area contributed by atoms with Gasteiger partial charge < -0.3 is 18.9 Å². The molecule has 0 unspecified atom stereocenters. The molecule has 0 amide bonds. The van der Waals surface area contributed by atoms with Gasteiger partial charge in [-0.3, -0.25) is 4.79 Å². The summed E-state index contributed by atoms with van der Waals surface area (Å²) in [7, 11) is 4.41. The second kappa shape index (κ2) is 8.43. The predicted octanol–water partition coefficient (Wildman–Crippen LogP) is 3.91. The van der Waals surface area contributed by atoms with Gasteiger partial charge in [-0.1, -0.05) is 36.4 Å². The number of benzene rings is 3. The van der Waals surface area contributed by atoms with Gasteiger partial charge in [0.1, 0.15) is 0 Å². The summed E-state index contributed by atoms with van der Waals surface area (Å²) in [5.41, 5.74) is 0.705. The molecule has 0 aromatic heterocycles. The number of methoxy groups -OCH3 is 3. The molecule has 0 saturated heterocycles. The van der Waals surface area contributed by atoms with Crippen molar-refractivity contribution in [1.29, 1.82) is 0 Å². The van der Waals surface area contributed by atoms with E-state index < -0.39 is 12.6 Å². The van der Waals surface area contributed by atoms with Crippen LogP contribution in [0.5, 0.6) is 17.2 Å². The van der Waals surface area contributed by atoms with Crippen LogP contribution >= 0.6 is 0 Å². The Kier molecular flexibility index (Phi) is 5.79. The maximum atomic E-state index is 12.6. The highest BCUT2D eigenvalue weighted by Gasteiger charge is 2.19. The number of hydrogen-bond acceptors (Lipinski definition) is 6. The second-order valence-electron chi connectivity index (χ2n) is 5.94. The minimum absolute atomic E-state index is 0.292. The van der Waals surface area contributed by atoms with Crippen molar-refractivity contribution >= 4 is 22.5 Å². The molecule has 0 fully saturated rings. The van der Waals surface area contributed by atoms with Crippen molar-refractivity contribution in [3.8, 4) is 17.2 Å². The second-order valence-corrected chi connectivity index (χ2v) is 5.94. The molecule has 0 aliphatic carbocycles. The number of ketones is 1. The molecule has 0 heterocycles. The zero-order chi connectivity index (χ0) is 20.1. The zero-order valence-electron chi connectivity index (χ0n) is 15.9. The minimum atomic E-state index is -0.558. The molecule has 6 heteroatoms. The number of hydrogen-bond donors (Lipinski definition) is 0. The van der Waals surface area contributed by atoms with Crippen molar-refractivity contribution in [2.24, 2.45) is 0 Å². The average molecular weight is 380 g/mol. The fraction of sp³-hybridized carbons (Fsp3) is 0.182. The summed E-state index contributed by atoms with van der Waals surface area (Å²) in [6.45, 7) is -0.402. The smallest absolute Gasteiger partial charge is 0.339 e. The third-order valence-corrected chi connectivity index (χ3v) is 4.33. The summed E-state index contributed by atoms with van der Waals surface area (Å²) in [5.74, 6) is 0.149. The Morgan fingerprint density at radius 3 is 2.11 bits per heavy atom. The molecule has 0 radical (unpaired) electrons. The molecule has 6 nitrogen and oxygen atoms in total. The molecule has 0 aliphatic heterocycles. The van der Waals surface area contributed by atoms with E-state index in [-0.39, 0.29) is 5.78 Å². The van der Waals surface area contributed by atoms with E-state index >= 15 is 0 Å². The first-order chi connectivity index (χ1) is 13.6. The Balaban J connectivity index is 1.79. The topological polar surface area (TPSA) is 71.1 Å². The van der Waals surface area contributed by atoms with E-state index in [0.717, 1.165) is 10.8 Å². The van der Waals surface area contributed by atoms with Gasteiger partial charge in [0.05, 0.1) is 26.9 Å². The van der Waals surface area contributed by atoms with Gasteiger partial charge >= 0.3 is 5.97 Å². The van der Waals surface area contributed by atoms with Gasteiger partial charge in [0.2, 0.25) is 11.5 Å². The zero-order valence-corrected chi connectivity index (χ0v) is 15.9. The largest absolute Gasteiger partial charge is 0.493 e. The molecule has 3 aromatic carbocycles. The van der Waals surface area contributed by atoms with E-state index in [2.05, 4.69) is 0 Å². The van der Waals surface area contributed by atoms with Crippen LogP contribution in [0, 0.1) is 0 Å². The first kappa shape index (κ1) is 19.2. The van der Waals surface area contributed by atoms with E-state index in [4.69, 9.17) is 18.9 Å². The van der Waals surface area contributed by atoms with Gasteiger partial charge in [-0.15, -0.1) is 0 Å². The fourth-order valence-electron chi connectivity index (χ4n) is 2.94. The Morgan fingerprint density at radius 1 is 0.821 bits per heavy atom. The van der Waals surface area contributed by atoms with E-state index in [1.54, 1.807) is 12.1 Å². The van der Waals surface area contributed by atoms with Crippen LogP contribution in [0.25, 0.3) is 10.8 Å². The molecule has 3 aromatic rings. The molecular weight excluding hydrogens is 360 g/mol. The van der Waals surface area contributed by atoms with Crippen LogP contribution < -0.4 is 14.2 Å². The minimum Gasteiger partial charge on any atom is -0.493 e. The number of carbonyl (C=O) groups is 2. The van der Waals surface area contributed by atoms with E-state index in [1.165, 1.54) is 33.5 Å². The molecule has 0 atom stereocenters. The lowest BCUT2D eigenvalue weighted by Crippen LogP contribution is -2.15. The first-order valence-corrected chi connectivity index (χ1v) is 8.57. The number of Topliss-reactive ketones (excluding diaryl/α,β-unsaturated/α-hetero) is 1. The number of rotatable bonds is 7. The molecule has 0 aliphatic rings. The Hall–Kier alpha value is -3.54. The summed E-state index contributed by atoms with van der Waals surface area (Å²) >= 11 is 0. The SMILES string of the molecule is COc1cc(C(=O)COC(=O)c2cccc3ccccc23)cc(OC)c1OC. The highest BCUT2D eigenvalue weighted by molar-refractivity contribution is 6.06. The number of carbonyl (C=O) groups excluding carboxylic acids is 2. The summed E-state index contributed by atoms with van der Waals surface area (Å²) in [6.07, 6.45) is 0. The Bertz CT molecular complexity index is 994. The molecule has 0 spiro atoms. The van der Waals surface area contributed by atoms with Gasteiger partial charge in [-0.2, -0.15) is 0 Å². The molecule has 0 saturated carbocycles. The molecule has 28 heavy (non-hydrogen) atoms. The fourth-order valence-corrected chi connectivity index (χ4v) is 2.94. The van der Waals surface area contributed by atoms with Crippen molar-refractivity contribution in [1.82, 2.24) is 0 Å². The molecule has 3 rings (SSSR count). The molecule has 0 bridgehead atoms. The molecule has 0 N–H and O–H groups in total. The van der Waals surface area contributed by atoms with Gasteiger partial charge in [-0.05, 0) is 29.0 Å². The monoisotopic (exact) mass is 380 g/mol. The van der Waals surface area contributed by atoms with Gasteiger partial charge in [-0.25, -0.2) is 4.79 Å². The highest BCUT2D eigenvalue weighted by atomic mass is 16.5. The molecular formula is C22H20O6. The Labute approximate surface area is 162 Å². The van der Waals surface area contributed by atoms with Crippen molar-refractivity contribution in [3.05, 3.63) is 65.7 Å². The van der Waals surface area contributed by atoms with Crippen LogP contribution in [0.2, 0.25) is 0 Å². The van der Waals surface area contributed by atoms with Crippen molar-refractivity contribution < 1.29 is 28.5 Å². The summed E-state index contributed by atoms with van der Waals surface area (Å²) in [4.78, 5) is 25.0. The normalized spacial score (nSPS) is 10.4. The van der Waals surface area contributed by atoms with Gasteiger partial charge in [0, 0.05) is 5.56 Å². The van der Waals surface area contributed by atoms with E-state index in [1.807, 2.05) is 30.3 Å². The van der Waals surface area contributed by atoms with Crippen LogP contribution in [-0.2, 0) is 4.74 Å². The van der Waals surface area contributed by atoms with Gasteiger partial charge in [0.25, 0.3) is 0 Å². The highest BCUT2D eigenvalue weighted by Crippen LogP contribution is 2.38.